The number of nitrogens with zero attached hydrogens (tertiary/aromatic N) is 1. The molecule has 2 rings (SSSR count). The van der Waals surface area contributed by atoms with E-state index in [-0.39, 0.29) is 12.4 Å². The van der Waals surface area contributed by atoms with Crippen LogP contribution in [0.5, 0.6) is 0 Å². The minimum atomic E-state index is -4.21. The van der Waals surface area contributed by atoms with Gasteiger partial charge in [-0.05, 0) is 19.1 Å². The minimum absolute atomic E-state index is 0. The van der Waals surface area contributed by atoms with Crippen molar-refractivity contribution in [2.75, 3.05) is 19.6 Å². The number of hydrogen-bond donors (Lipinski definition) is 1. The van der Waals surface area contributed by atoms with Gasteiger partial charge in [0.1, 0.15) is 4.88 Å². The van der Waals surface area contributed by atoms with Crippen LogP contribution in [0.25, 0.3) is 0 Å². The van der Waals surface area contributed by atoms with Gasteiger partial charge < -0.3 is 5.32 Å². The van der Waals surface area contributed by atoms with E-state index in [4.69, 9.17) is 0 Å². The lowest BCUT2D eigenvalue weighted by molar-refractivity contribution is -0.134. The minimum Gasteiger partial charge on any atom is -0.312 e. The van der Waals surface area contributed by atoms with Gasteiger partial charge in [0.05, 0.1) is 0 Å². The summed E-state index contributed by atoms with van der Waals surface area (Å²) < 4.78 is 37.3. The fourth-order valence-corrected chi connectivity index (χ4v) is 2.91. The molecule has 0 spiro atoms. The van der Waals surface area contributed by atoms with E-state index in [0.29, 0.717) is 12.6 Å². The number of piperazine rings is 1. The van der Waals surface area contributed by atoms with E-state index in [9.17, 15) is 13.2 Å². The third-order valence-corrected chi connectivity index (χ3v) is 3.89. The highest BCUT2D eigenvalue weighted by atomic mass is 35.5. The molecule has 1 saturated heterocycles. The summed E-state index contributed by atoms with van der Waals surface area (Å²) in [5.74, 6) is 0. The number of hydrogen-bond acceptors (Lipinski definition) is 3. The molecule has 1 aromatic heterocycles. The summed E-state index contributed by atoms with van der Waals surface area (Å²) in [5.41, 5.74) is 0. The smallest absolute Gasteiger partial charge is 0.312 e. The van der Waals surface area contributed by atoms with Crippen molar-refractivity contribution in [3.8, 4) is 0 Å². The monoisotopic (exact) mass is 300 g/mol. The Morgan fingerprint density at radius 2 is 2.17 bits per heavy atom. The Bertz CT molecular complexity index is 381. The Balaban J connectivity index is 0.00000162. The SMILES string of the molecule is CC1CN(Cc2ccc(C(F)(F)F)s2)CCN1.Cl. The van der Waals surface area contributed by atoms with E-state index in [1.165, 1.54) is 6.07 Å². The van der Waals surface area contributed by atoms with Gasteiger partial charge >= 0.3 is 6.18 Å². The summed E-state index contributed by atoms with van der Waals surface area (Å²) in [4.78, 5) is 2.47. The molecule has 1 aromatic rings. The molecule has 1 unspecified atom stereocenters. The molecule has 1 aliphatic rings. The van der Waals surface area contributed by atoms with Crippen LogP contribution in [0, 0.1) is 0 Å². The predicted octanol–water partition coefficient (Wildman–Crippen LogP) is 2.98. The molecule has 0 saturated carbocycles. The van der Waals surface area contributed by atoms with Crippen LogP contribution < -0.4 is 5.32 Å². The maximum absolute atomic E-state index is 12.4. The first-order chi connectivity index (χ1) is 7.95. The van der Waals surface area contributed by atoms with Gasteiger partial charge in [0.2, 0.25) is 0 Å². The molecular weight excluding hydrogens is 285 g/mol. The zero-order chi connectivity index (χ0) is 12.5. The molecule has 2 nitrogen and oxygen atoms in total. The fourth-order valence-electron chi connectivity index (χ4n) is 1.99. The molecule has 0 amide bonds. The second-order valence-corrected chi connectivity index (χ2v) is 5.52. The van der Waals surface area contributed by atoms with Crippen LogP contribution in [0.3, 0.4) is 0 Å². The number of nitrogens with one attached hydrogen (secondary N) is 1. The van der Waals surface area contributed by atoms with E-state index in [0.717, 1.165) is 35.8 Å². The summed E-state index contributed by atoms with van der Waals surface area (Å²) in [6.45, 7) is 5.38. The van der Waals surface area contributed by atoms with Crippen LogP contribution in [-0.4, -0.2) is 30.6 Å². The molecular formula is C11H16ClF3N2S. The van der Waals surface area contributed by atoms with Crippen molar-refractivity contribution in [2.45, 2.75) is 25.7 Å². The van der Waals surface area contributed by atoms with Gasteiger partial charge in [-0.1, -0.05) is 0 Å². The molecule has 18 heavy (non-hydrogen) atoms. The maximum atomic E-state index is 12.4. The van der Waals surface area contributed by atoms with E-state index in [2.05, 4.69) is 17.1 Å². The van der Waals surface area contributed by atoms with Crippen molar-refractivity contribution in [1.82, 2.24) is 10.2 Å². The summed E-state index contributed by atoms with van der Waals surface area (Å²) in [6, 6.07) is 3.16. The molecule has 1 aliphatic heterocycles. The van der Waals surface area contributed by atoms with Crippen LogP contribution in [0.4, 0.5) is 13.2 Å². The third-order valence-electron chi connectivity index (χ3n) is 2.77. The van der Waals surface area contributed by atoms with Crippen LogP contribution >= 0.6 is 23.7 Å². The number of alkyl halides is 3. The standard InChI is InChI=1S/C11H15F3N2S.ClH/c1-8-6-16(5-4-15-8)7-9-2-3-10(17-9)11(12,13)14;/h2-3,8,15H,4-7H2,1H3;1H. The van der Waals surface area contributed by atoms with Gasteiger partial charge in [0, 0.05) is 37.1 Å². The van der Waals surface area contributed by atoms with E-state index >= 15 is 0 Å². The van der Waals surface area contributed by atoms with Gasteiger partial charge in [-0.15, -0.1) is 23.7 Å². The molecule has 104 valence electrons. The van der Waals surface area contributed by atoms with Crippen molar-refractivity contribution >= 4 is 23.7 Å². The molecule has 0 radical (unpaired) electrons. The topological polar surface area (TPSA) is 15.3 Å². The molecule has 1 N–H and O–H groups in total. The largest absolute Gasteiger partial charge is 0.425 e. The van der Waals surface area contributed by atoms with Crippen molar-refractivity contribution in [3.63, 3.8) is 0 Å². The zero-order valence-corrected chi connectivity index (χ0v) is 11.6. The number of thiophene rings is 1. The highest BCUT2D eigenvalue weighted by Gasteiger charge is 2.32. The first-order valence-corrected chi connectivity index (χ1v) is 6.38. The Morgan fingerprint density at radius 3 is 2.72 bits per heavy atom. The first-order valence-electron chi connectivity index (χ1n) is 5.57. The molecule has 0 aromatic carbocycles. The lowest BCUT2D eigenvalue weighted by Crippen LogP contribution is -2.48. The zero-order valence-electron chi connectivity index (χ0n) is 9.96. The van der Waals surface area contributed by atoms with Gasteiger partial charge in [0.15, 0.2) is 0 Å². The van der Waals surface area contributed by atoms with Crippen LogP contribution in [0.2, 0.25) is 0 Å². The predicted molar refractivity (Wildman–Crippen MR) is 69.3 cm³/mol. The van der Waals surface area contributed by atoms with Crippen molar-refractivity contribution in [2.24, 2.45) is 0 Å². The quantitative estimate of drug-likeness (QED) is 0.903. The number of rotatable bonds is 2. The normalized spacial score (nSPS) is 21.7. The Labute approximate surface area is 115 Å². The van der Waals surface area contributed by atoms with E-state index < -0.39 is 11.1 Å². The Morgan fingerprint density at radius 1 is 1.44 bits per heavy atom. The molecule has 2 heterocycles. The molecule has 0 bridgehead atoms. The molecule has 7 heteroatoms. The second kappa shape index (κ2) is 6.23. The lowest BCUT2D eigenvalue weighted by atomic mass is 10.2. The molecule has 1 fully saturated rings. The third kappa shape index (κ3) is 4.12. The van der Waals surface area contributed by atoms with Gasteiger partial charge in [0.25, 0.3) is 0 Å². The average Bonchev–Trinajstić information content (AvgIpc) is 2.65. The van der Waals surface area contributed by atoms with Crippen LogP contribution in [0.1, 0.15) is 16.7 Å². The Kier molecular flexibility index (Phi) is 5.46. The van der Waals surface area contributed by atoms with Crippen molar-refractivity contribution in [1.29, 1.82) is 0 Å². The molecule has 0 aliphatic carbocycles. The summed E-state index contributed by atoms with van der Waals surface area (Å²) in [5, 5.41) is 3.31. The van der Waals surface area contributed by atoms with Gasteiger partial charge in [-0.25, -0.2) is 0 Å². The molecule has 1 atom stereocenters. The second-order valence-electron chi connectivity index (χ2n) is 4.35. The highest BCUT2D eigenvalue weighted by molar-refractivity contribution is 7.12. The maximum Gasteiger partial charge on any atom is 0.425 e. The lowest BCUT2D eigenvalue weighted by Gasteiger charge is -2.31. The van der Waals surface area contributed by atoms with Crippen molar-refractivity contribution in [3.05, 3.63) is 21.9 Å². The van der Waals surface area contributed by atoms with E-state index in [1.54, 1.807) is 6.07 Å². The van der Waals surface area contributed by atoms with Crippen molar-refractivity contribution < 1.29 is 13.2 Å². The van der Waals surface area contributed by atoms with Crippen LogP contribution in [-0.2, 0) is 12.7 Å². The summed E-state index contributed by atoms with van der Waals surface area (Å²) in [7, 11) is 0. The average molecular weight is 301 g/mol. The van der Waals surface area contributed by atoms with Crippen LogP contribution in [0.15, 0.2) is 12.1 Å². The Hall–Kier alpha value is -0.300. The first kappa shape index (κ1) is 15.8. The summed E-state index contributed by atoms with van der Waals surface area (Å²) in [6.07, 6.45) is -4.21. The summed E-state index contributed by atoms with van der Waals surface area (Å²) >= 11 is 0.848. The number of halogens is 4. The van der Waals surface area contributed by atoms with Gasteiger partial charge in [-0.3, -0.25) is 4.90 Å². The highest BCUT2D eigenvalue weighted by Crippen LogP contribution is 2.34. The van der Waals surface area contributed by atoms with E-state index in [1.807, 2.05) is 0 Å². The van der Waals surface area contributed by atoms with Gasteiger partial charge in [-0.2, -0.15) is 13.2 Å². The fraction of sp³-hybridized carbons (Fsp3) is 0.636.